The number of aromatic nitrogens is 1. The predicted molar refractivity (Wildman–Crippen MR) is 134 cm³/mol. The second-order valence-electron chi connectivity index (χ2n) is 9.36. The summed E-state index contributed by atoms with van der Waals surface area (Å²) in [7, 11) is 0. The Bertz CT molecular complexity index is 694. The Morgan fingerprint density at radius 1 is 1.24 bits per heavy atom. The van der Waals surface area contributed by atoms with E-state index in [0.29, 0.717) is 30.1 Å². The lowest BCUT2D eigenvalue weighted by Crippen LogP contribution is -2.45. The van der Waals surface area contributed by atoms with E-state index in [1.807, 2.05) is 6.92 Å². The molecule has 9 heteroatoms. The molecule has 1 atom stereocenters. The molecule has 0 amide bonds. The minimum Gasteiger partial charge on any atom is -0.619 e. The third-order valence-corrected chi connectivity index (χ3v) is 6.02. The topological polar surface area (TPSA) is 110 Å². The van der Waals surface area contributed by atoms with Gasteiger partial charge in [0.2, 0.25) is 0 Å². The van der Waals surface area contributed by atoms with Gasteiger partial charge in [-0.1, -0.05) is 18.5 Å². The van der Waals surface area contributed by atoms with Gasteiger partial charge in [0.25, 0.3) is 0 Å². The summed E-state index contributed by atoms with van der Waals surface area (Å²) in [4.78, 5) is 10.0. The number of nitrogens with zero attached hydrogens (tertiary/aromatic N) is 4. The van der Waals surface area contributed by atoms with Crippen molar-refractivity contribution in [2.45, 2.75) is 58.5 Å². The number of likely N-dealkylation sites (tertiary alicyclic amines) is 2. The van der Waals surface area contributed by atoms with E-state index in [-0.39, 0.29) is 11.9 Å². The van der Waals surface area contributed by atoms with E-state index < -0.39 is 0 Å². The molecule has 194 valence electrons. The highest BCUT2D eigenvalue weighted by atomic mass is 16.6. The average molecular weight is 480 g/mol. The Morgan fingerprint density at radius 2 is 2.00 bits per heavy atom. The Labute approximate surface area is 205 Å². The Balaban J connectivity index is 0.000000270. The van der Waals surface area contributed by atoms with E-state index >= 15 is 0 Å². The Kier molecular flexibility index (Phi) is 13.9. The van der Waals surface area contributed by atoms with Gasteiger partial charge in [-0.25, -0.2) is 0 Å². The van der Waals surface area contributed by atoms with Crippen LogP contribution in [-0.2, 0) is 9.57 Å². The number of oxime groups is 1. The van der Waals surface area contributed by atoms with Crippen LogP contribution in [-0.4, -0.2) is 85.9 Å². The zero-order valence-corrected chi connectivity index (χ0v) is 21.1. The molecule has 2 saturated heterocycles. The monoisotopic (exact) mass is 479 g/mol. The number of aliphatic hydroxyl groups is 1. The van der Waals surface area contributed by atoms with Crippen LogP contribution in [0.4, 0.5) is 0 Å². The number of hydrogen-bond acceptors (Lipinski definition) is 7. The summed E-state index contributed by atoms with van der Waals surface area (Å²) in [6.45, 7) is 12.7. The lowest BCUT2D eigenvalue weighted by atomic mass is 10.0. The van der Waals surface area contributed by atoms with Crippen LogP contribution in [0, 0.1) is 11.1 Å². The van der Waals surface area contributed by atoms with Crippen LogP contribution < -0.4 is 10.5 Å². The fourth-order valence-corrected chi connectivity index (χ4v) is 4.21. The second-order valence-corrected chi connectivity index (χ2v) is 9.36. The first-order valence-electron chi connectivity index (χ1n) is 12.8. The van der Waals surface area contributed by atoms with Crippen LogP contribution in [0.2, 0.25) is 0 Å². The molecule has 0 spiro atoms. The van der Waals surface area contributed by atoms with Crippen molar-refractivity contribution in [2.24, 2.45) is 16.8 Å². The largest absolute Gasteiger partial charge is 0.619 e. The van der Waals surface area contributed by atoms with Gasteiger partial charge >= 0.3 is 0 Å². The van der Waals surface area contributed by atoms with E-state index in [1.54, 1.807) is 12.1 Å². The van der Waals surface area contributed by atoms with E-state index in [1.165, 1.54) is 57.7 Å². The molecule has 3 N–H and O–H groups in total. The molecule has 1 aromatic rings. The van der Waals surface area contributed by atoms with Crippen LogP contribution in [0.15, 0.2) is 29.7 Å². The number of β-amino-alcohol motifs (C(OH)–C–C–N with tert-alkyl or cyclic N) is 1. The summed E-state index contributed by atoms with van der Waals surface area (Å²) in [5.74, 6) is 1.10. The molecule has 0 aliphatic carbocycles. The molecule has 0 aromatic carbocycles. The quantitative estimate of drug-likeness (QED) is 0.111. The summed E-state index contributed by atoms with van der Waals surface area (Å²) in [5.41, 5.74) is 6.32. The van der Waals surface area contributed by atoms with Gasteiger partial charge in [0.15, 0.2) is 18.2 Å². The summed E-state index contributed by atoms with van der Waals surface area (Å²) in [6.07, 6.45) is 9.67. The molecule has 0 bridgehead atoms. The number of rotatable bonds is 13. The highest BCUT2D eigenvalue weighted by Crippen LogP contribution is 2.14. The number of amidine groups is 1. The van der Waals surface area contributed by atoms with Gasteiger partial charge in [0.1, 0.15) is 6.61 Å². The van der Waals surface area contributed by atoms with Gasteiger partial charge in [0, 0.05) is 32.3 Å². The second kappa shape index (κ2) is 16.6. The van der Waals surface area contributed by atoms with E-state index in [4.69, 9.17) is 15.3 Å². The van der Waals surface area contributed by atoms with Crippen molar-refractivity contribution in [1.82, 2.24) is 9.80 Å². The average Bonchev–Trinajstić information content (AvgIpc) is 2.81. The Morgan fingerprint density at radius 3 is 2.68 bits per heavy atom. The first-order chi connectivity index (χ1) is 16.5. The first-order valence-corrected chi connectivity index (χ1v) is 12.8. The van der Waals surface area contributed by atoms with Crippen LogP contribution in [0.3, 0.4) is 0 Å². The maximum Gasteiger partial charge on any atom is 0.191 e. The molecular weight excluding hydrogens is 434 g/mol. The van der Waals surface area contributed by atoms with Crippen molar-refractivity contribution in [3.63, 3.8) is 0 Å². The zero-order chi connectivity index (χ0) is 24.6. The SMILES string of the molecule is CC1CN(CCCCCO/N=C(\N)c2ccc[n+]([O-])c2)C1.CCOCC(O)CN1CCCCC1. The number of hydrogen-bond donors (Lipinski definition) is 2. The summed E-state index contributed by atoms with van der Waals surface area (Å²) >= 11 is 0. The van der Waals surface area contributed by atoms with Crippen molar-refractivity contribution in [3.05, 3.63) is 35.3 Å². The normalized spacial score (nSPS) is 18.6. The maximum absolute atomic E-state index is 11.1. The third-order valence-electron chi connectivity index (χ3n) is 6.02. The molecule has 9 nitrogen and oxygen atoms in total. The first kappa shape index (κ1) is 28.3. The number of aliphatic hydroxyl groups excluding tert-OH is 1. The van der Waals surface area contributed by atoms with Crippen LogP contribution in [0.5, 0.6) is 0 Å². The summed E-state index contributed by atoms with van der Waals surface area (Å²) in [6, 6.07) is 3.35. The standard InChI is InChI=1S/C15H24N4O2.C10H21NO2/c1-13-10-18(11-13)7-3-2-4-9-21-17-15(16)14-6-5-8-19(20)12-14;1-2-13-9-10(12)8-11-6-4-3-5-7-11/h5-6,8,12-13H,2-4,7,9-11H2,1H3,(H2,16,17);10,12H,2-9H2,1H3. The molecule has 3 heterocycles. The highest BCUT2D eigenvalue weighted by Gasteiger charge is 2.20. The Hall–Kier alpha value is -1.94. The van der Waals surface area contributed by atoms with E-state index in [0.717, 1.165) is 38.4 Å². The fraction of sp³-hybridized carbons (Fsp3) is 0.760. The number of pyridine rings is 1. The lowest BCUT2D eigenvalue weighted by molar-refractivity contribution is -0.605. The number of piperidine rings is 1. The van der Waals surface area contributed by atoms with Crippen LogP contribution in [0.25, 0.3) is 0 Å². The zero-order valence-electron chi connectivity index (χ0n) is 21.1. The van der Waals surface area contributed by atoms with Crippen LogP contribution in [0.1, 0.15) is 57.9 Å². The number of ether oxygens (including phenoxy) is 1. The molecule has 1 unspecified atom stereocenters. The minimum atomic E-state index is -0.307. The highest BCUT2D eigenvalue weighted by molar-refractivity contribution is 5.96. The molecule has 2 aliphatic heterocycles. The molecule has 34 heavy (non-hydrogen) atoms. The molecule has 0 radical (unpaired) electrons. The predicted octanol–water partition coefficient (Wildman–Crippen LogP) is 1.95. The van der Waals surface area contributed by atoms with Crippen molar-refractivity contribution in [3.8, 4) is 0 Å². The molecule has 3 rings (SSSR count). The summed E-state index contributed by atoms with van der Waals surface area (Å²) in [5, 5.41) is 24.5. The van der Waals surface area contributed by atoms with E-state index in [2.05, 4.69) is 21.9 Å². The van der Waals surface area contributed by atoms with Crippen molar-refractivity contribution < 1.29 is 19.4 Å². The molecule has 1 aromatic heterocycles. The van der Waals surface area contributed by atoms with Crippen molar-refractivity contribution in [1.29, 1.82) is 0 Å². The van der Waals surface area contributed by atoms with Gasteiger partial charge < -0.3 is 35.4 Å². The van der Waals surface area contributed by atoms with Gasteiger partial charge in [-0.15, -0.1) is 0 Å². The van der Waals surface area contributed by atoms with Crippen LogP contribution >= 0.6 is 0 Å². The molecule has 0 saturated carbocycles. The summed E-state index contributed by atoms with van der Waals surface area (Å²) < 4.78 is 5.85. The fourth-order valence-electron chi connectivity index (χ4n) is 4.21. The molecular formula is C25H45N5O4. The van der Waals surface area contributed by atoms with E-state index in [9.17, 15) is 10.3 Å². The van der Waals surface area contributed by atoms with Crippen molar-refractivity contribution in [2.75, 3.05) is 59.1 Å². The van der Waals surface area contributed by atoms with Gasteiger partial charge in [-0.2, -0.15) is 4.73 Å². The smallest absolute Gasteiger partial charge is 0.191 e. The molecule has 2 aliphatic rings. The van der Waals surface area contributed by atoms with Crippen molar-refractivity contribution >= 4 is 5.84 Å². The van der Waals surface area contributed by atoms with Gasteiger partial charge in [-0.05, 0) is 70.6 Å². The minimum absolute atomic E-state index is 0.231. The lowest BCUT2D eigenvalue weighted by Gasteiger charge is -2.37. The van der Waals surface area contributed by atoms with Gasteiger partial charge in [0.05, 0.1) is 18.3 Å². The molecule has 2 fully saturated rings. The number of nitrogens with two attached hydrogens (primary N) is 1. The maximum atomic E-state index is 11.1. The number of unbranched alkanes of at least 4 members (excludes halogenated alkanes) is 2. The third kappa shape index (κ3) is 12.0. The van der Waals surface area contributed by atoms with Gasteiger partial charge in [-0.3, -0.25) is 0 Å².